The molecule has 0 radical (unpaired) electrons. The average molecular weight is 204 g/mol. The molecule has 4 nitrogen and oxygen atoms in total. The molecule has 0 aliphatic rings. The molecule has 0 bridgehead atoms. The third-order valence-corrected chi connectivity index (χ3v) is 1.99. The van der Waals surface area contributed by atoms with Gasteiger partial charge in [0.2, 0.25) is 0 Å². The van der Waals surface area contributed by atoms with Crippen LogP contribution in [0.25, 0.3) is 0 Å². The zero-order valence-corrected chi connectivity index (χ0v) is 9.20. The summed E-state index contributed by atoms with van der Waals surface area (Å²) < 4.78 is 0. The molecule has 0 spiro atoms. The van der Waals surface area contributed by atoms with Gasteiger partial charge in [-0.15, -0.1) is 0 Å². The molecule has 1 aromatic rings. The van der Waals surface area contributed by atoms with Gasteiger partial charge in [0.25, 0.3) is 0 Å². The minimum Gasteiger partial charge on any atom is -0.384 e. The first-order chi connectivity index (χ1) is 7.22. The van der Waals surface area contributed by atoms with Gasteiger partial charge in [-0.2, -0.15) is 5.26 Å². The highest BCUT2D eigenvalue weighted by molar-refractivity contribution is 5.42. The third kappa shape index (κ3) is 4.43. The van der Waals surface area contributed by atoms with E-state index in [2.05, 4.69) is 29.3 Å². The molecule has 0 aliphatic heterocycles. The van der Waals surface area contributed by atoms with E-state index in [1.165, 1.54) is 0 Å². The van der Waals surface area contributed by atoms with Gasteiger partial charge in [0.1, 0.15) is 11.8 Å². The van der Waals surface area contributed by atoms with Gasteiger partial charge in [-0.3, -0.25) is 0 Å². The predicted octanol–water partition coefficient (Wildman–Crippen LogP) is 1.32. The lowest BCUT2D eigenvalue weighted by atomic mass is 10.3. The zero-order chi connectivity index (χ0) is 11.1. The maximum absolute atomic E-state index is 8.57. The Balaban J connectivity index is 2.29. The second kappa shape index (κ2) is 5.99. The zero-order valence-electron chi connectivity index (χ0n) is 9.20. The lowest BCUT2D eigenvalue weighted by molar-refractivity contribution is 0.405. The normalized spacial score (nSPS) is 10.0. The van der Waals surface area contributed by atoms with Gasteiger partial charge in [0, 0.05) is 6.54 Å². The van der Waals surface area contributed by atoms with E-state index in [1.54, 1.807) is 12.3 Å². The van der Waals surface area contributed by atoms with Crippen LogP contribution in [0.5, 0.6) is 0 Å². The fourth-order valence-electron chi connectivity index (χ4n) is 1.19. The maximum Gasteiger partial charge on any atom is 0.140 e. The van der Waals surface area contributed by atoms with E-state index in [4.69, 9.17) is 5.26 Å². The van der Waals surface area contributed by atoms with Crippen molar-refractivity contribution in [1.82, 2.24) is 9.88 Å². The van der Waals surface area contributed by atoms with E-state index in [0.29, 0.717) is 5.69 Å². The summed E-state index contributed by atoms with van der Waals surface area (Å²) in [5.74, 6) is 0. The van der Waals surface area contributed by atoms with Gasteiger partial charge in [0.15, 0.2) is 0 Å². The summed E-state index contributed by atoms with van der Waals surface area (Å²) in [5, 5.41) is 11.8. The van der Waals surface area contributed by atoms with Crippen molar-refractivity contribution in [3.63, 3.8) is 0 Å². The van der Waals surface area contributed by atoms with Crippen molar-refractivity contribution < 1.29 is 0 Å². The van der Waals surface area contributed by atoms with Crippen LogP contribution in [0, 0.1) is 11.3 Å². The fraction of sp³-hybridized carbons (Fsp3) is 0.455. The Labute approximate surface area is 90.5 Å². The molecule has 1 aromatic heterocycles. The summed E-state index contributed by atoms with van der Waals surface area (Å²) in [6.07, 6.45) is 2.78. The molecular weight excluding hydrogens is 188 g/mol. The van der Waals surface area contributed by atoms with Gasteiger partial charge < -0.3 is 10.2 Å². The molecular formula is C11H16N4. The van der Waals surface area contributed by atoms with Crippen LogP contribution in [-0.4, -0.2) is 37.1 Å². The van der Waals surface area contributed by atoms with Crippen LogP contribution >= 0.6 is 0 Å². The van der Waals surface area contributed by atoms with Gasteiger partial charge in [-0.05, 0) is 39.2 Å². The van der Waals surface area contributed by atoms with Crippen LogP contribution in [0.15, 0.2) is 18.3 Å². The minimum atomic E-state index is 0.453. The summed E-state index contributed by atoms with van der Waals surface area (Å²) in [4.78, 5) is 6.13. The summed E-state index contributed by atoms with van der Waals surface area (Å²) in [6.45, 7) is 1.99. The van der Waals surface area contributed by atoms with Crippen molar-refractivity contribution >= 4 is 5.69 Å². The molecule has 0 atom stereocenters. The van der Waals surface area contributed by atoms with E-state index >= 15 is 0 Å². The molecule has 80 valence electrons. The first-order valence-electron chi connectivity index (χ1n) is 4.97. The largest absolute Gasteiger partial charge is 0.384 e. The lowest BCUT2D eigenvalue weighted by Gasteiger charge is -2.10. The van der Waals surface area contributed by atoms with Crippen molar-refractivity contribution in [2.75, 3.05) is 32.5 Å². The molecule has 0 saturated carbocycles. The summed E-state index contributed by atoms with van der Waals surface area (Å²) >= 11 is 0. The van der Waals surface area contributed by atoms with Crippen molar-refractivity contribution in [3.05, 3.63) is 24.0 Å². The Bertz CT molecular complexity index is 323. The average Bonchev–Trinajstić information content (AvgIpc) is 2.25. The maximum atomic E-state index is 8.57. The molecule has 1 heterocycles. The van der Waals surface area contributed by atoms with Crippen LogP contribution in [0.1, 0.15) is 12.1 Å². The Morgan fingerprint density at radius 3 is 2.80 bits per heavy atom. The first kappa shape index (κ1) is 11.5. The van der Waals surface area contributed by atoms with Crippen LogP contribution in [0.4, 0.5) is 5.69 Å². The number of aromatic nitrogens is 1. The molecule has 1 rings (SSSR count). The number of rotatable bonds is 5. The van der Waals surface area contributed by atoms with Crippen LogP contribution in [0.2, 0.25) is 0 Å². The van der Waals surface area contributed by atoms with Gasteiger partial charge >= 0.3 is 0 Å². The molecule has 0 aromatic carbocycles. The highest BCUT2D eigenvalue weighted by Crippen LogP contribution is 2.05. The third-order valence-electron chi connectivity index (χ3n) is 1.99. The number of nitriles is 1. The highest BCUT2D eigenvalue weighted by atomic mass is 15.1. The standard InChI is InChI=1S/C11H16N4/c1-15(2)7-3-6-13-11-5-4-10(8-12)14-9-11/h4-5,9,13H,3,6-7H2,1-2H3. The summed E-state index contributed by atoms with van der Waals surface area (Å²) in [5.41, 5.74) is 1.42. The smallest absolute Gasteiger partial charge is 0.140 e. The highest BCUT2D eigenvalue weighted by Gasteiger charge is 1.94. The number of anilines is 1. The van der Waals surface area contributed by atoms with Crippen LogP contribution in [0.3, 0.4) is 0 Å². The monoisotopic (exact) mass is 204 g/mol. The number of hydrogen-bond acceptors (Lipinski definition) is 4. The Morgan fingerprint density at radius 1 is 1.47 bits per heavy atom. The van der Waals surface area contributed by atoms with Gasteiger partial charge in [-0.1, -0.05) is 0 Å². The summed E-state index contributed by atoms with van der Waals surface area (Å²) in [7, 11) is 4.12. The van der Waals surface area contributed by atoms with E-state index in [9.17, 15) is 0 Å². The molecule has 0 fully saturated rings. The molecule has 0 aliphatic carbocycles. The Hall–Kier alpha value is -1.60. The van der Waals surface area contributed by atoms with E-state index in [0.717, 1.165) is 25.2 Å². The number of nitrogens with one attached hydrogen (secondary N) is 1. The van der Waals surface area contributed by atoms with Crippen LogP contribution in [-0.2, 0) is 0 Å². The van der Waals surface area contributed by atoms with Crippen molar-refractivity contribution in [3.8, 4) is 6.07 Å². The Kier molecular flexibility index (Phi) is 4.58. The molecule has 15 heavy (non-hydrogen) atoms. The van der Waals surface area contributed by atoms with Crippen molar-refractivity contribution in [2.45, 2.75) is 6.42 Å². The van der Waals surface area contributed by atoms with Crippen molar-refractivity contribution in [1.29, 1.82) is 5.26 Å². The number of pyridine rings is 1. The van der Waals surface area contributed by atoms with Crippen LogP contribution < -0.4 is 5.32 Å². The fourth-order valence-corrected chi connectivity index (χ4v) is 1.19. The SMILES string of the molecule is CN(C)CCCNc1ccc(C#N)nc1. The molecule has 1 N–H and O–H groups in total. The number of nitrogens with zero attached hydrogens (tertiary/aromatic N) is 3. The minimum absolute atomic E-state index is 0.453. The predicted molar refractivity (Wildman–Crippen MR) is 60.6 cm³/mol. The summed E-state index contributed by atoms with van der Waals surface area (Å²) in [6, 6.07) is 5.58. The Morgan fingerprint density at radius 2 is 2.27 bits per heavy atom. The molecule has 4 heteroatoms. The topological polar surface area (TPSA) is 52.0 Å². The quantitative estimate of drug-likeness (QED) is 0.735. The second-order valence-electron chi connectivity index (χ2n) is 3.63. The van der Waals surface area contributed by atoms with Crippen molar-refractivity contribution in [2.24, 2.45) is 0 Å². The first-order valence-corrected chi connectivity index (χ1v) is 4.97. The molecule has 0 saturated heterocycles. The second-order valence-corrected chi connectivity index (χ2v) is 3.63. The van der Waals surface area contributed by atoms with E-state index < -0.39 is 0 Å². The van der Waals surface area contributed by atoms with E-state index in [1.807, 2.05) is 12.1 Å². The van der Waals surface area contributed by atoms with Gasteiger partial charge in [-0.25, -0.2) is 4.98 Å². The lowest BCUT2D eigenvalue weighted by Crippen LogP contribution is -2.16. The molecule has 0 amide bonds. The van der Waals surface area contributed by atoms with E-state index in [-0.39, 0.29) is 0 Å². The number of hydrogen-bond donors (Lipinski definition) is 1. The van der Waals surface area contributed by atoms with Gasteiger partial charge in [0.05, 0.1) is 11.9 Å². The molecule has 0 unspecified atom stereocenters.